The lowest BCUT2D eigenvalue weighted by molar-refractivity contribution is 0.298. The van der Waals surface area contributed by atoms with E-state index in [0.29, 0.717) is 0 Å². The number of rotatable bonds is 7. The van der Waals surface area contributed by atoms with Crippen molar-refractivity contribution >= 4 is 11.4 Å². The Hall–Kier alpha value is -3.33. The Morgan fingerprint density at radius 2 is 1.50 bits per heavy atom. The van der Waals surface area contributed by atoms with Crippen molar-refractivity contribution in [1.82, 2.24) is 4.90 Å². The third kappa shape index (κ3) is 4.30. The van der Waals surface area contributed by atoms with Gasteiger partial charge >= 0.3 is 0 Å². The molecule has 0 aliphatic carbocycles. The van der Waals surface area contributed by atoms with Crippen molar-refractivity contribution in [3.05, 3.63) is 108 Å². The molecule has 0 spiro atoms. The molecule has 1 aliphatic heterocycles. The second kappa shape index (κ2) is 9.45. The maximum Gasteiger partial charge on any atom is 0.147 e. The fourth-order valence-corrected chi connectivity index (χ4v) is 3.81. The summed E-state index contributed by atoms with van der Waals surface area (Å²) < 4.78 is 5.34. The summed E-state index contributed by atoms with van der Waals surface area (Å²) in [4.78, 5) is 7.66. The van der Waals surface area contributed by atoms with Crippen molar-refractivity contribution in [2.24, 2.45) is 4.99 Å². The van der Waals surface area contributed by atoms with E-state index in [0.717, 1.165) is 36.4 Å². The summed E-state index contributed by atoms with van der Waals surface area (Å²) in [5, 5.41) is 0. The van der Waals surface area contributed by atoms with Crippen molar-refractivity contribution in [1.29, 1.82) is 0 Å². The van der Waals surface area contributed by atoms with Crippen LogP contribution in [0.15, 0.2) is 96.0 Å². The summed E-state index contributed by atoms with van der Waals surface area (Å²) in [5.41, 5.74) is 5.74. The number of allylic oxidation sites excluding steroid dienone is 1. The van der Waals surface area contributed by atoms with Gasteiger partial charge in [0.1, 0.15) is 11.9 Å². The number of methoxy groups -OCH3 is 1. The molecule has 0 bridgehead atoms. The van der Waals surface area contributed by atoms with Crippen LogP contribution in [0.1, 0.15) is 42.6 Å². The van der Waals surface area contributed by atoms with Gasteiger partial charge in [0, 0.05) is 17.8 Å². The Labute approximate surface area is 179 Å². The highest BCUT2D eigenvalue weighted by atomic mass is 16.5. The molecule has 3 heteroatoms. The van der Waals surface area contributed by atoms with E-state index >= 15 is 0 Å². The normalized spacial score (nSPS) is 16.1. The van der Waals surface area contributed by atoms with E-state index in [1.165, 1.54) is 16.8 Å². The van der Waals surface area contributed by atoms with Crippen LogP contribution in [0.4, 0.5) is 0 Å². The van der Waals surface area contributed by atoms with E-state index in [2.05, 4.69) is 90.7 Å². The summed E-state index contributed by atoms with van der Waals surface area (Å²) >= 11 is 0. The summed E-state index contributed by atoms with van der Waals surface area (Å²) in [6.45, 7) is 3.20. The minimum atomic E-state index is -0.0462. The van der Waals surface area contributed by atoms with Gasteiger partial charge in [-0.3, -0.25) is 4.99 Å². The van der Waals surface area contributed by atoms with Gasteiger partial charge in [0.2, 0.25) is 0 Å². The second-order valence-electron chi connectivity index (χ2n) is 7.47. The number of aliphatic imine (C=N–C) groups is 1. The van der Waals surface area contributed by atoms with Crippen LogP contribution >= 0.6 is 0 Å². The van der Waals surface area contributed by atoms with Gasteiger partial charge in [-0.15, -0.1) is 0 Å². The average Bonchev–Trinajstić information content (AvgIpc) is 2.83. The Bertz CT molecular complexity index is 1010. The monoisotopic (exact) mass is 396 g/mol. The molecular formula is C27H28N2O. The van der Waals surface area contributed by atoms with Crippen LogP contribution in [0.2, 0.25) is 0 Å². The zero-order valence-electron chi connectivity index (χ0n) is 17.7. The van der Waals surface area contributed by atoms with Gasteiger partial charge < -0.3 is 9.64 Å². The number of hydrogen-bond donors (Lipinski definition) is 0. The highest BCUT2D eigenvalue weighted by molar-refractivity contribution is 6.13. The number of nitrogens with zero attached hydrogens (tertiary/aromatic N) is 2. The molecule has 0 amide bonds. The van der Waals surface area contributed by atoms with Gasteiger partial charge in [-0.1, -0.05) is 74.0 Å². The number of ether oxygens (including phenoxy) is 1. The first-order valence-electron chi connectivity index (χ1n) is 10.6. The third-order valence-electron chi connectivity index (χ3n) is 5.45. The standard InChI is InChI=1S/C27H28N2O/c1-3-4-19-29-26(22-11-7-5-8-12-22)20-25(21-15-17-24(30-2)18-16-21)28-27(29)23-13-9-6-10-14-23/h5-18,20,27H,3-4,19H2,1-2H3. The minimum Gasteiger partial charge on any atom is -0.497 e. The van der Waals surface area contributed by atoms with Crippen molar-refractivity contribution in [3.63, 3.8) is 0 Å². The van der Waals surface area contributed by atoms with Crippen molar-refractivity contribution in [2.45, 2.75) is 25.9 Å². The highest BCUT2D eigenvalue weighted by Crippen LogP contribution is 2.36. The molecule has 4 rings (SSSR count). The molecule has 3 nitrogen and oxygen atoms in total. The SMILES string of the molecule is CCCCN1C(c2ccccc2)=CC(c2ccc(OC)cc2)=NC1c1ccccc1. The first-order chi connectivity index (χ1) is 14.8. The third-order valence-corrected chi connectivity index (χ3v) is 5.45. The molecule has 1 atom stereocenters. The van der Waals surface area contributed by atoms with Crippen LogP contribution in [0.3, 0.4) is 0 Å². The predicted octanol–water partition coefficient (Wildman–Crippen LogP) is 6.34. The summed E-state index contributed by atoms with van der Waals surface area (Å²) in [5.74, 6) is 0.853. The van der Waals surface area contributed by atoms with Crippen LogP contribution in [-0.2, 0) is 0 Å². The van der Waals surface area contributed by atoms with E-state index in [4.69, 9.17) is 9.73 Å². The van der Waals surface area contributed by atoms with E-state index < -0.39 is 0 Å². The topological polar surface area (TPSA) is 24.8 Å². The molecule has 1 heterocycles. The van der Waals surface area contributed by atoms with Gasteiger partial charge in [-0.25, -0.2) is 0 Å². The summed E-state index contributed by atoms with van der Waals surface area (Å²) in [7, 11) is 1.69. The highest BCUT2D eigenvalue weighted by Gasteiger charge is 2.27. The maximum absolute atomic E-state index is 5.34. The number of benzene rings is 3. The maximum atomic E-state index is 5.34. The molecule has 0 saturated heterocycles. The lowest BCUT2D eigenvalue weighted by Crippen LogP contribution is -2.31. The molecule has 1 unspecified atom stereocenters. The minimum absolute atomic E-state index is 0.0462. The Morgan fingerprint density at radius 1 is 0.833 bits per heavy atom. The first kappa shape index (κ1) is 20.0. The smallest absolute Gasteiger partial charge is 0.147 e. The Balaban J connectivity index is 1.83. The van der Waals surface area contributed by atoms with Crippen molar-refractivity contribution in [2.75, 3.05) is 13.7 Å². The van der Waals surface area contributed by atoms with Crippen LogP contribution < -0.4 is 4.74 Å². The zero-order valence-corrected chi connectivity index (χ0v) is 17.7. The summed E-state index contributed by atoms with van der Waals surface area (Å²) in [6.07, 6.45) is 4.46. The number of unbranched alkanes of at least 4 members (excludes halogenated alkanes) is 1. The fourth-order valence-electron chi connectivity index (χ4n) is 3.81. The predicted molar refractivity (Wildman–Crippen MR) is 125 cm³/mol. The van der Waals surface area contributed by atoms with Crippen molar-refractivity contribution < 1.29 is 4.74 Å². The van der Waals surface area contributed by atoms with Gasteiger partial charge in [0.25, 0.3) is 0 Å². The van der Waals surface area contributed by atoms with Crippen LogP contribution in [0.25, 0.3) is 5.70 Å². The van der Waals surface area contributed by atoms with Crippen molar-refractivity contribution in [3.8, 4) is 5.75 Å². The van der Waals surface area contributed by atoms with E-state index in [1.807, 2.05) is 12.1 Å². The molecule has 0 N–H and O–H groups in total. The Kier molecular flexibility index (Phi) is 6.29. The first-order valence-corrected chi connectivity index (χ1v) is 10.6. The lowest BCUT2D eigenvalue weighted by atomic mass is 9.99. The molecule has 0 fully saturated rings. The molecule has 3 aromatic carbocycles. The van der Waals surface area contributed by atoms with E-state index in [1.54, 1.807) is 7.11 Å². The molecule has 0 radical (unpaired) electrons. The fraction of sp³-hybridized carbons (Fsp3) is 0.222. The largest absolute Gasteiger partial charge is 0.497 e. The number of hydrogen-bond acceptors (Lipinski definition) is 3. The molecule has 152 valence electrons. The van der Waals surface area contributed by atoms with Gasteiger partial charge in [-0.2, -0.15) is 0 Å². The van der Waals surface area contributed by atoms with Gasteiger partial charge in [0.05, 0.1) is 12.8 Å². The zero-order chi connectivity index (χ0) is 20.8. The average molecular weight is 397 g/mol. The molecule has 0 saturated carbocycles. The van der Waals surface area contributed by atoms with Crippen LogP contribution in [0.5, 0.6) is 5.75 Å². The summed E-state index contributed by atoms with van der Waals surface area (Å²) in [6, 6.07) is 29.4. The van der Waals surface area contributed by atoms with Gasteiger partial charge in [0.15, 0.2) is 0 Å². The Morgan fingerprint density at radius 3 is 2.13 bits per heavy atom. The quantitative estimate of drug-likeness (QED) is 0.465. The molecule has 3 aromatic rings. The molecular weight excluding hydrogens is 368 g/mol. The van der Waals surface area contributed by atoms with E-state index in [9.17, 15) is 0 Å². The lowest BCUT2D eigenvalue weighted by Gasteiger charge is -2.37. The second-order valence-corrected chi connectivity index (χ2v) is 7.47. The van der Waals surface area contributed by atoms with Crippen LogP contribution in [-0.4, -0.2) is 24.3 Å². The molecule has 1 aliphatic rings. The van der Waals surface area contributed by atoms with Crippen LogP contribution in [0, 0.1) is 0 Å². The molecule has 30 heavy (non-hydrogen) atoms. The molecule has 0 aromatic heterocycles. The van der Waals surface area contributed by atoms with E-state index in [-0.39, 0.29) is 6.17 Å². The van der Waals surface area contributed by atoms with Gasteiger partial charge in [-0.05, 0) is 47.9 Å².